The van der Waals surface area contributed by atoms with Gasteiger partial charge in [-0.1, -0.05) is 19.1 Å². The molecule has 30 heavy (non-hydrogen) atoms. The van der Waals surface area contributed by atoms with Crippen LogP contribution in [0.15, 0.2) is 39.8 Å². The smallest absolute Gasteiger partial charge is 0.261 e. The van der Waals surface area contributed by atoms with E-state index in [4.69, 9.17) is 15.9 Å². The highest BCUT2D eigenvalue weighted by atomic mass is 16.4. The third kappa shape index (κ3) is 3.71. The second-order valence-corrected chi connectivity index (χ2v) is 6.95. The quantitative estimate of drug-likeness (QED) is 0.522. The molecule has 0 unspecified atom stereocenters. The number of fused-ring (bicyclic) bond motifs is 1. The molecule has 10 nitrogen and oxygen atoms in total. The second-order valence-electron chi connectivity index (χ2n) is 6.95. The fraction of sp³-hybridized carbons (Fsp3) is 0.300. The van der Waals surface area contributed by atoms with Crippen molar-refractivity contribution in [2.45, 2.75) is 39.2 Å². The molecule has 0 aliphatic heterocycles. The summed E-state index contributed by atoms with van der Waals surface area (Å²) >= 11 is 0. The van der Waals surface area contributed by atoms with Crippen LogP contribution in [0.1, 0.15) is 37.5 Å². The zero-order chi connectivity index (χ0) is 21.3. The molecule has 5 rings (SSSR count). The summed E-state index contributed by atoms with van der Waals surface area (Å²) in [5, 5.41) is 8.19. The molecule has 1 aliphatic carbocycles. The van der Waals surface area contributed by atoms with E-state index in [9.17, 15) is 4.79 Å². The lowest BCUT2D eigenvalue weighted by Crippen LogP contribution is -2.24. The van der Waals surface area contributed by atoms with Crippen LogP contribution in [0.2, 0.25) is 0 Å². The predicted molar refractivity (Wildman–Crippen MR) is 113 cm³/mol. The van der Waals surface area contributed by atoms with Gasteiger partial charge in [0.15, 0.2) is 0 Å². The van der Waals surface area contributed by atoms with E-state index in [1.54, 1.807) is 6.92 Å². The van der Waals surface area contributed by atoms with Crippen LogP contribution in [0, 0.1) is 6.92 Å². The van der Waals surface area contributed by atoms with Gasteiger partial charge in [0, 0.05) is 19.4 Å². The summed E-state index contributed by atoms with van der Waals surface area (Å²) in [5.74, 6) is 2.04. The van der Waals surface area contributed by atoms with E-state index >= 15 is 0 Å². The van der Waals surface area contributed by atoms with Crippen LogP contribution in [-0.4, -0.2) is 29.7 Å². The van der Waals surface area contributed by atoms with Gasteiger partial charge in [0.2, 0.25) is 5.89 Å². The Balaban J connectivity index is 0.000000147. The Morgan fingerprint density at radius 2 is 1.83 bits per heavy atom. The van der Waals surface area contributed by atoms with E-state index < -0.39 is 0 Å². The maximum absolute atomic E-state index is 12.3. The van der Waals surface area contributed by atoms with Crippen molar-refractivity contribution in [1.29, 1.82) is 0 Å². The molecule has 1 saturated carbocycles. The fourth-order valence-corrected chi connectivity index (χ4v) is 3.18. The molecule has 3 heterocycles. The molecule has 0 radical (unpaired) electrons. The standard InChI is InChI=1S/C13H14N2O.C7H8N6O/c1-2-12-14-11-6-4-3-5-10(11)13(16)15(12)9-7-8-9;1-3-12-13-7(14-3)4-5(8)10-2-11-6(4)9/h3-6,9H,2,7-8H2,1H3;2H,1H3,(H4,8,9,10,11). The van der Waals surface area contributed by atoms with Crippen molar-refractivity contribution in [3.63, 3.8) is 0 Å². The first-order valence-electron chi connectivity index (χ1n) is 9.66. The number of hydrogen-bond donors (Lipinski definition) is 2. The van der Waals surface area contributed by atoms with E-state index in [0.29, 0.717) is 17.5 Å². The van der Waals surface area contributed by atoms with Crippen LogP contribution in [-0.2, 0) is 6.42 Å². The Labute approximate surface area is 172 Å². The average molecular weight is 406 g/mol. The summed E-state index contributed by atoms with van der Waals surface area (Å²) in [4.78, 5) is 24.5. The minimum atomic E-state index is 0.130. The highest BCUT2D eigenvalue weighted by molar-refractivity contribution is 5.77. The topological polar surface area (TPSA) is 152 Å². The fourth-order valence-electron chi connectivity index (χ4n) is 3.18. The molecule has 4 aromatic rings. The molecule has 1 aliphatic rings. The predicted octanol–water partition coefficient (Wildman–Crippen LogP) is 2.29. The molecule has 3 aromatic heterocycles. The molecule has 0 spiro atoms. The van der Waals surface area contributed by atoms with Gasteiger partial charge in [0.1, 0.15) is 29.4 Å². The maximum atomic E-state index is 12.3. The van der Waals surface area contributed by atoms with Crippen molar-refractivity contribution in [3.05, 3.63) is 52.7 Å². The Bertz CT molecular complexity index is 1240. The van der Waals surface area contributed by atoms with Crippen LogP contribution < -0.4 is 17.0 Å². The zero-order valence-electron chi connectivity index (χ0n) is 16.7. The number of nitrogens with zero attached hydrogens (tertiary/aromatic N) is 6. The van der Waals surface area contributed by atoms with Gasteiger partial charge in [-0.15, -0.1) is 10.2 Å². The lowest BCUT2D eigenvalue weighted by molar-refractivity contribution is 0.533. The molecular formula is C20H22N8O2. The molecule has 154 valence electrons. The van der Waals surface area contributed by atoms with E-state index in [1.165, 1.54) is 6.33 Å². The minimum Gasteiger partial charge on any atom is -0.421 e. The Hall–Kier alpha value is -3.82. The molecule has 1 aromatic carbocycles. The van der Waals surface area contributed by atoms with Gasteiger partial charge in [-0.05, 0) is 25.0 Å². The number of para-hydroxylation sites is 1. The molecule has 0 saturated heterocycles. The average Bonchev–Trinajstić information content (AvgIpc) is 3.48. The van der Waals surface area contributed by atoms with Crippen molar-refractivity contribution in [2.75, 3.05) is 11.5 Å². The first kappa shape index (κ1) is 19.5. The minimum absolute atomic E-state index is 0.130. The highest BCUT2D eigenvalue weighted by Crippen LogP contribution is 2.34. The lowest BCUT2D eigenvalue weighted by atomic mass is 10.2. The molecule has 1 fully saturated rings. The van der Waals surface area contributed by atoms with E-state index in [-0.39, 0.29) is 23.1 Å². The summed E-state index contributed by atoms with van der Waals surface area (Å²) in [5.41, 5.74) is 12.5. The van der Waals surface area contributed by atoms with Crippen LogP contribution in [0.25, 0.3) is 22.4 Å². The van der Waals surface area contributed by atoms with E-state index in [2.05, 4.69) is 32.1 Å². The monoisotopic (exact) mass is 406 g/mol. The Kier molecular flexibility index (Phi) is 5.13. The summed E-state index contributed by atoms with van der Waals surface area (Å²) in [6.07, 6.45) is 4.33. The molecule has 0 bridgehead atoms. The summed E-state index contributed by atoms with van der Waals surface area (Å²) in [7, 11) is 0. The van der Waals surface area contributed by atoms with Gasteiger partial charge in [-0.25, -0.2) is 15.0 Å². The number of aromatic nitrogens is 6. The second kappa shape index (κ2) is 7.90. The van der Waals surface area contributed by atoms with Gasteiger partial charge >= 0.3 is 0 Å². The van der Waals surface area contributed by atoms with Crippen molar-refractivity contribution < 1.29 is 4.42 Å². The van der Waals surface area contributed by atoms with Crippen molar-refractivity contribution in [3.8, 4) is 11.5 Å². The summed E-state index contributed by atoms with van der Waals surface area (Å²) < 4.78 is 7.06. The van der Waals surface area contributed by atoms with Crippen molar-refractivity contribution in [1.82, 2.24) is 29.7 Å². The van der Waals surface area contributed by atoms with E-state index in [1.807, 2.05) is 28.8 Å². The van der Waals surface area contributed by atoms with Gasteiger partial charge < -0.3 is 15.9 Å². The van der Waals surface area contributed by atoms with Gasteiger partial charge in [0.25, 0.3) is 11.4 Å². The number of nitrogen functional groups attached to an aromatic ring is 2. The molecule has 10 heteroatoms. The van der Waals surface area contributed by atoms with Crippen LogP contribution in [0.4, 0.5) is 11.6 Å². The largest absolute Gasteiger partial charge is 0.421 e. The number of anilines is 2. The summed E-state index contributed by atoms with van der Waals surface area (Å²) in [6.45, 7) is 3.72. The Morgan fingerprint density at radius 3 is 2.43 bits per heavy atom. The number of aryl methyl sites for hydroxylation is 2. The third-order valence-corrected chi connectivity index (χ3v) is 4.75. The molecule has 4 N–H and O–H groups in total. The Morgan fingerprint density at radius 1 is 1.13 bits per heavy atom. The molecule has 0 amide bonds. The lowest BCUT2D eigenvalue weighted by Gasteiger charge is -2.10. The third-order valence-electron chi connectivity index (χ3n) is 4.75. The summed E-state index contributed by atoms with van der Waals surface area (Å²) in [6, 6.07) is 8.00. The number of rotatable bonds is 3. The zero-order valence-corrected chi connectivity index (χ0v) is 16.7. The maximum Gasteiger partial charge on any atom is 0.261 e. The van der Waals surface area contributed by atoms with Crippen LogP contribution >= 0.6 is 0 Å². The SMILES string of the molecule is CCc1nc2ccccc2c(=O)n1C1CC1.Cc1nnc(-c2c(N)ncnc2N)o1. The first-order chi connectivity index (χ1) is 14.5. The van der Waals surface area contributed by atoms with Crippen LogP contribution in [0.5, 0.6) is 0 Å². The number of nitrogens with two attached hydrogens (primary N) is 2. The van der Waals surface area contributed by atoms with Crippen molar-refractivity contribution in [2.24, 2.45) is 0 Å². The van der Waals surface area contributed by atoms with E-state index in [0.717, 1.165) is 36.0 Å². The van der Waals surface area contributed by atoms with Crippen LogP contribution in [0.3, 0.4) is 0 Å². The van der Waals surface area contributed by atoms with Crippen molar-refractivity contribution >= 4 is 22.5 Å². The highest BCUT2D eigenvalue weighted by Gasteiger charge is 2.27. The van der Waals surface area contributed by atoms with Gasteiger partial charge in [0.05, 0.1) is 10.9 Å². The molecule has 0 atom stereocenters. The van der Waals surface area contributed by atoms with Gasteiger partial charge in [-0.2, -0.15) is 0 Å². The normalized spacial score (nSPS) is 13.1. The first-order valence-corrected chi connectivity index (χ1v) is 9.66. The molecular weight excluding hydrogens is 384 g/mol. The number of hydrogen-bond acceptors (Lipinski definition) is 9. The number of benzene rings is 1. The van der Waals surface area contributed by atoms with Gasteiger partial charge in [-0.3, -0.25) is 9.36 Å².